The van der Waals surface area contributed by atoms with Crippen molar-refractivity contribution in [3.63, 3.8) is 0 Å². The third-order valence-corrected chi connectivity index (χ3v) is 1.73. The Morgan fingerprint density at radius 1 is 1.30 bits per heavy atom. The molecular weight excluding hydrogens is 136 g/mol. The molecule has 0 radical (unpaired) electrons. The van der Waals surface area contributed by atoms with E-state index in [0.29, 0.717) is 6.61 Å². The van der Waals surface area contributed by atoms with Gasteiger partial charge >= 0.3 is 0 Å². The van der Waals surface area contributed by atoms with E-state index in [1.54, 1.807) is 0 Å². The quantitative estimate of drug-likeness (QED) is 0.328. The van der Waals surface area contributed by atoms with E-state index in [-0.39, 0.29) is 32.0 Å². The van der Waals surface area contributed by atoms with Crippen LogP contribution >= 0.6 is 0 Å². The molecular formula is C6H13O4+. The van der Waals surface area contributed by atoms with Gasteiger partial charge in [0, 0.05) is 0 Å². The summed E-state index contributed by atoms with van der Waals surface area (Å²) in [6.07, 6.45) is -0.165. The second kappa shape index (κ2) is 3.30. The molecule has 10 heavy (non-hydrogen) atoms. The van der Waals surface area contributed by atoms with Gasteiger partial charge in [-0.25, -0.2) is 0 Å². The molecule has 0 aromatic rings. The fraction of sp³-hybridized carbons (Fsp3) is 1.00. The summed E-state index contributed by atoms with van der Waals surface area (Å²) >= 11 is 0. The number of aliphatic hydroxyl groups excluding tert-OH is 3. The first-order chi connectivity index (χ1) is 4.83. The third-order valence-electron chi connectivity index (χ3n) is 1.73. The second-order valence-corrected chi connectivity index (χ2v) is 2.43. The summed E-state index contributed by atoms with van der Waals surface area (Å²) in [5, 5.41) is 25.9. The highest BCUT2D eigenvalue weighted by Gasteiger charge is 2.47. The van der Waals surface area contributed by atoms with Gasteiger partial charge in [0.25, 0.3) is 0 Å². The zero-order chi connectivity index (χ0) is 7.56. The van der Waals surface area contributed by atoms with Crippen LogP contribution in [0.1, 0.15) is 0 Å². The zero-order valence-electron chi connectivity index (χ0n) is 5.73. The predicted molar refractivity (Wildman–Crippen MR) is 34.8 cm³/mol. The molecule has 0 aromatic carbocycles. The Labute approximate surface area is 59.4 Å². The normalized spacial score (nSPS) is 25.8. The van der Waals surface area contributed by atoms with Crippen LogP contribution in [0.3, 0.4) is 0 Å². The SMILES string of the molecule is OCC(CO)[O+]1CC1CO. The van der Waals surface area contributed by atoms with Crippen molar-refractivity contribution in [1.29, 1.82) is 0 Å². The van der Waals surface area contributed by atoms with Gasteiger partial charge in [0.1, 0.15) is 19.8 Å². The van der Waals surface area contributed by atoms with Crippen LogP contribution < -0.4 is 0 Å². The topological polar surface area (TPSA) is 63.4 Å². The van der Waals surface area contributed by atoms with E-state index < -0.39 is 0 Å². The maximum absolute atomic E-state index is 8.65. The lowest BCUT2D eigenvalue weighted by Gasteiger charge is -2.07. The van der Waals surface area contributed by atoms with Gasteiger partial charge in [0.2, 0.25) is 18.8 Å². The fourth-order valence-corrected chi connectivity index (χ4v) is 0.981. The van der Waals surface area contributed by atoms with E-state index in [2.05, 4.69) is 4.37 Å². The van der Waals surface area contributed by atoms with Crippen molar-refractivity contribution in [2.24, 2.45) is 0 Å². The second-order valence-electron chi connectivity index (χ2n) is 2.43. The molecule has 0 bridgehead atoms. The molecule has 1 fully saturated rings. The molecule has 3 N–H and O–H groups in total. The molecule has 1 unspecified atom stereocenters. The molecule has 0 aromatic heterocycles. The van der Waals surface area contributed by atoms with Gasteiger partial charge in [-0.15, -0.1) is 0 Å². The van der Waals surface area contributed by atoms with Crippen LogP contribution in [0.5, 0.6) is 0 Å². The van der Waals surface area contributed by atoms with Gasteiger partial charge in [0.15, 0.2) is 0 Å². The van der Waals surface area contributed by atoms with Crippen molar-refractivity contribution in [3.05, 3.63) is 0 Å². The average molecular weight is 149 g/mol. The third kappa shape index (κ3) is 1.46. The standard InChI is InChI=1S/C6H13O4/c7-1-5(2-8)10-4-6(10)3-9/h5-9H,1-4H2/q+1. The highest BCUT2D eigenvalue weighted by Crippen LogP contribution is 2.26. The minimum atomic E-state index is -0.253. The van der Waals surface area contributed by atoms with Gasteiger partial charge < -0.3 is 19.7 Å². The minimum Gasteiger partial charge on any atom is -0.401 e. The summed E-state index contributed by atoms with van der Waals surface area (Å²) < 4.78 is 2.63. The highest BCUT2D eigenvalue weighted by molar-refractivity contribution is 4.80. The fourth-order valence-electron chi connectivity index (χ4n) is 0.981. The molecule has 0 aliphatic carbocycles. The lowest BCUT2D eigenvalue weighted by molar-refractivity contribution is -0.0866. The molecule has 4 heteroatoms. The van der Waals surface area contributed by atoms with Crippen molar-refractivity contribution < 1.29 is 19.7 Å². The van der Waals surface area contributed by atoms with Crippen LogP contribution in [0.25, 0.3) is 0 Å². The number of aliphatic hydroxyl groups is 3. The van der Waals surface area contributed by atoms with Crippen LogP contribution in [-0.2, 0) is 4.37 Å². The van der Waals surface area contributed by atoms with Crippen LogP contribution in [0.4, 0.5) is 0 Å². The van der Waals surface area contributed by atoms with Gasteiger partial charge in [0.05, 0.1) is 0 Å². The maximum Gasteiger partial charge on any atom is 0.249 e. The summed E-state index contributed by atoms with van der Waals surface area (Å²) in [5.41, 5.74) is 0. The Bertz CT molecular complexity index is 102. The minimum absolute atomic E-state index is 0.0718. The molecule has 4 nitrogen and oxygen atoms in total. The first-order valence-corrected chi connectivity index (χ1v) is 3.34. The highest BCUT2D eigenvalue weighted by atomic mass is 16.8. The Kier molecular flexibility index (Phi) is 2.62. The molecule has 1 saturated heterocycles. The summed E-state index contributed by atoms with van der Waals surface area (Å²) in [5.74, 6) is 0. The van der Waals surface area contributed by atoms with E-state index in [1.807, 2.05) is 0 Å². The molecule has 1 aliphatic heterocycles. The Morgan fingerprint density at radius 3 is 2.20 bits per heavy atom. The lowest BCUT2D eigenvalue weighted by atomic mass is 10.4. The molecule has 1 heterocycles. The number of rotatable bonds is 4. The smallest absolute Gasteiger partial charge is 0.249 e. The first-order valence-electron chi connectivity index (χ1n) is 3.34. The zero-order valence-corrected chi connectivity index (χ0v) is 5.73. The molecule has 0 spiro atoms. The van der Waals surface area contributed by atoms with Crippen LogP contribution in [0.2, 0.25) is 0 Å². The molecule has 1 rings (SSSR count). The first kappa shape index (κ1) is 7.94. The predicted octanol–water partition coefficient (Wildman–Crippen LogP) is -1.73. The van der Waals surface area contributed by atoms with Gasteiger partial charge in [-0.1, -0.05) is 0 Å². The monoisotopic (exact) mass is 149 g/mol. The number of hydrogen-bond donors (Lipinski definition) is 3. The van der Waals surface area contributed by atoms with Crippen molar-refractivity contribution in [1.82, 2.24) is 0 Å². The Balaban J connectivity index is 2.22. The van der Waals surface area contributed by atoms with Crippen LogP contribution in [-0.4, -0.2) is 54.0 Å². The summed E-state index contributed by atoms with van der Waals surface area (Å²) in [6.45, 7) is 0.652. The van der Waals surface area contributed by atoms with Crippen LogP contribution in [0, 0.1) is 0 Å². The molecule has 1 atom stereocenters. The van der Waals surface area contributed by atoms with Gasteiger partial charge in [-0.3, -0.25) is 0 Å². The summed E-state index contributed by atoms with van der Waals surface area (Å²) in [7, 11) is 0. The Hall–Kier alpha value is -0.160. The summed E-state index contributed by atoms with van der Waals surface area (Å²) in [4.78, 5) is 0. The van der Waals surface area contributed by atoms with E-state index in [4.69, 9.17) is 15.3 Å². The number of hydrogen-bond acceptors (Lipinski definition) is 3. The molecule has 1 aliphatic rings. The lowest BCUT2D eigenvalue weighted by Crippen LogP contribution is -2.24. The van der Waals surface area contributed by atoms with E-state index in [1.165, 1.54) is 0 Å². The van der Waals surface area contributed by atoms with E-state index in [0.717, 1.165) is 0 Å². The van der Waals surface area contributed by atoms with Crippen molar-refractivity contribution >= 4 is 0 Å². The maximum atomic E-state index is 8.65. The Morgan fingerprint density at radius 2 is 1.90 bits per heavy atom. The van der Waals surface area contributed by atoms with Gasteiger partial charge in [-0.05, 0) is 0 Å². The van der Waals surface area contributed by atoms with E-state index >= 15 is 0 Å². The number of epoxide rings is 1. The largest absolute Gasteiger partial charge is 0.401 e. The molecule has 0 amide bonds. The van der Waals surface area contributed by atoms with Crippen molar-refractivity contribution in [2.45, 2.75) is 12.2 Å². The van der Waals surface area contributed by atoms with E-state index in [9.17, 15) is 0 Å². The molecule has 0 saturated carbocycles. The average Bonchev–Trinajstić information content (AvgIpc) is 2.70. The van der Waals surface area contributed by atoms with Crippen LogP contribution in [0.15, 0.2) is 0 Å². The van der Waals surface area contributed by atoms with Gasteiger partial charge in [-0.2, -0.15) is 0 Å². The van der Waals surface area contributed by atoms with Crippen molar-refractivity contribution in [3.8, 4) is 0 Å². The van der Waals surface area contributed by atoms with Crippen molar-refractivity contribution in [2.75, 3.05) is 26.4 Å². The molecule has 60 valence electrons. The summed E-state index contributed by atoms with van der Waals surface area (Å²) in [6, 6.07) is 0.